The fourth-order valence-corrected chi connectivity index (χ4v) is 5.70. The summed E-state index contributed by atoms with van der Waals surface area (Å²) in [5.41, 5.74) is 3.32. The van der Waals surface area contributed by atoms with E-state index in [0.29, 0.717) is 61.8 Å². The number of alkyl halides is 4. The molecule has 202 valence electrons. The van der Waals surface area contributed by atoms with Gasteiger partial charge in [-0.05, 0) is 44.1 Å². The fourth-order valence-electron chi connectivity index (χ4n) is 5.70. The first-order valence-electron chi connectivity index (χ1n) is 13.1. The summed E-state index contributed by atoms with van der Waals surface area (Å²) >= 11 is 0. The van der Waals surface area contributed by atoms with Gasteiger partial charge >= 0.3 is 6.43 Å². The smallest absolute Gasteiger partial charge is 0.315 e. The van der Waals surface area contributed by atoms with E-state index < -0.39 is 18.8 Å². The van der Waals surface area contributed by atoms with Crippen molar-refractivity contribution in [1.82, 2.24) is 19.7 Å². The van der Waals surface area contributed by atoms with Gasteiger partial charge in [-0.3, -0.25) is 14.5 Å². The topological polar surface area (TPSA) is 63.5 Å². The van der Waals surface area contributed by atoms with Crippen LogP contribution in [0, 0.1) is 0 Å². The van der Waals surface area contributed by atoms with Crippen LogP contribution in [0.15, 0.2) is 6.07 Å². The van der Waals surface area contributed by atoms with Crippen LogP contribution in [0.4, 0.5) is 29.1 Å². The molecular formula is C26H33F4N5O2. The molecule has 0 aromatic carbocycles. The number of fused-ring (bicyclic) bond motifs is 2. The van der Waals surface area contributed by atoms with E-state index in [4.69, 9.17) is 14.8 Å². The number of rotatable bonds is 6. The Balaban J connectivity index is 1.61. The molecular weight excluding hydrogens is 490 g/mol. The molecule has 37 heavy (non-hydrogen) atoms. The van der Waals surface area contributed by atoms with Gasteiger partial charge in [0.15, 0.2) is 5.82 Å². The van der Waals surface area contributed by atoms with Crippen LogP contribution in [0.2, 0.25) is 0 Å². The van der Waals surface area contributed by atoms with Gasteiger partial charge in [0.25, 0.3) is 12.3 Å². The van der Waals surface area contributed by atoms with Gasteiger partial charge in [-0.2, -0.15) is 13.9 Å². The lowest BCUT2D eigenvalue weighted by Crippen LogP contribution is -2.40. The highest BCUT2D eigenvalue weighted by atomic mass is 19.3. The molecule has 0 radical (unpaired) electrons. The summed E-state index contributed by atoms with van der Waals surface area (Å²) in [6.07, 6.45) is -1.66. The number of nitrogens with zero attached hydrogens (tertiary/aromatic N) is 5. The third-order valence-electron chi connectivity index (χ3n) is 7.89. The minimum absolute atomic E-state index is 0.0168. The second-order valence-corrected chi connectivity index (χ2v) is 10.1. The summed E-state index contributed by atoms with van der Waals surface area (Å²) in [5.74, 6) is -0.749. The molecule has 0 spiro atoms. The normalized spacial score (nSPS) is 19.4. The van der Waals surface area contributed by atoms with Crippen molar-refractivity contribution in [2.75, 3.05) is 31.2 Å². The molecule has 0 aliphatic carbocycles. The standard InChI is InChI=1S/C26H33F4N5O2/c1-3-15(2)22-17(23(27)28)13-21-19(31-22)5-4-9-34(21)25-18-14-33(26(36)24(29)30)10-6-20(18)35(32-25)16-7-11-37-12-8-16/h13,15-16,23-24H,3-12,14H2,1-2H3. The molecule has 1 amide bonds. The number of aromatic nitrogens is 3. The summed E-state index contributed by atoms with van der Waals surface area (Å²) < 4.78 is 62.3. The Bertz CT molecular complexity index is 1150. The number of amides is 1. The lowest BCUT2D eigenvalue weighted by Gasteiger charge is -2.33. The van der Waals surface area contributed by atoms with Crippen LogP contribution >= 0.6 is 0 Å². The first kappa shape index (κ1) is 25.9. The number of halogens is 4. The maximum Gasteiger partial charge on any atom is 0.315 e. The minimum Gasteiger partial charge on any atom is -0.381 e. The van der Waals surface area contributed by atoms with E-state index in [1.54, 1.807) is 6.07 Å². The van der Waals surface area contributed by atoms with Gasteiger partial charge in [-0.25, -0.2) is 8.78 Å². The Labute approximate surface area is 213 Å². The van der Waals surface area contributed by atoms with Crippen LogP contribution in [0.3, 0.4) is 0 Å². The van der Waals surface area contributed by atoms with Gasteiger partial charge in [0.1, 0.15) is 0 Å². The SMILES string of the molecule is CCC(C)c1nc2c(cc1C(F)F)N(c1nn(C3CCOCC3)c3c1CN(C(=O)C(F)F)CC3)CCC2. The zero-order valence-electron chi connectivity index (χ0n) is 21.2. The quantitative estimate of drug-likeness (QED) is 0.480. The van der Waals surface area contributed by atoms with Crippen LogP contribution in [-0.4, -0.2) is 58.3 Å². The highest BCUT2D eigenvalue weighted by Gasteiger charge is 2.36. The van der Waals surface area contributed by atoms with Crippen molar-refractivity contribution in [1.29, 1.82) is 0 Å². The number of hydrogen-bond acceptors (Lipinski definition) is 5. The first-order valence-corrected chi connectivity index (χ1v) is 13.1. The molecule has 1 fully saturated rings. The molecule has 11 heteroatoms. The van der Waals surface area contributed by atoms with Gasteiger partial charge in [-0.1, -0.05) is 13.8 Å². The number of anilines is 2. The molecule has 0 N–H and O–H groups in total. The second kappa shape index (κ2) is 10.6. The van der Waals surface area contributed by atoms with E-state index in [1.165, 1.54) is 4.90 Å². The van der Waals surface area contributed by atoms with Crippen LogP contribution in [0.1, 0.15) is 86.1 Å². The molecule has 0 saturated carbocycles. The molecule has 5 rings (SSSR count). The lowest BCUT2D eigenvalue weighted by atomic mass is 9.96. The summed E-state index contributed by atoms with van der Waals surface area (Å²) in [6.45, 7) is 5.82. The van der Waals surface area contributed by atoms with E-state index in [1.807, 2.05) is 23.4 Å². The van der Waals surface area contributed by atoms with E-state index in [2.05, 4.69) is 0 Å². The Morgan fingerprint density at radius 3 is 2.59 bits per heavy atom. The molecule has 1 atom stereocenters. The zero-order chi connectivity index (χ0) is 26.3. The predicted molar refractivity (Wildman–Crippen MR) is 130 cm³/mol. The number of pyridine rings is 1. The van der Waals surface area contributed by atoms with Crippen molar-refractivity contribution in [3.05, 3.63) is 34.3 Å². The van der Waals surface area contributed by atoms with Crippen molar-refractivity contribution in [3.63, 3.8) is 0 Å². The third-order valence-corrected chi connectivity index (χ3v) is 7.89. The largest absolute Gasteiger partial charge is 0.381 e. The Morgan fingerprint density at radius 1 is 1.16 bits per heavy atom. The van der Waals surface area contributed by atoms with Crippen LogP contribution in [0.5, 0.6) is 0 Å². The van der Waals surface area contributed by atoms with Crippen LogP contribution in [0.25, 0.3) is 0 Å². The average molecular weight is 524 g/mol. The van der Waals surface area contributed by atoms with Crippen LogP contribution in [-0.2, 0) is 28.9 Å². The maximum absolute atomic E-state index is 14.2. The van der Waals surface area contributed by atoms with Crippen LogP contribution < -0.4 is 4.90 Å². The minimum atomic E-state index is -3.08. The van der Waals surface area contributed by atoms with Gasteiger partial charge < -0.3 is 14.5 Å². The Morgan fingerprint density at radius 2 is 1.92 bits per heavy atom. The second-order valence-electron chi connectivity index (χ2n) is 10.1. The van der Waals surface area contributed by atoms with E-state index in [0.717, 1.165) is 30.7 Å². The van der Waals surface area contributed by atoms with E-state index in [-0.39, 0.29) is 30.6 Å². The molecule has 3 aliphatic rings. The molecule has 7 nitrogen and oxygen atoms in total. The first-order chi connectivity index (χ1) is 17.8. The predicted octanol–water partition coefficient (Wildman–Crippen LogP) is 5.31. The molecule has 2 aromatic rings. The monoisotopic (exact) mass is 523 g/mol. The van der Waals surface area contributed by atoms with Crippen molar-refractivity contribution in [3.8, 4) is 0 Å². The highest BCUT2D eigenvalue weighted by Crippen LogP contribution is 2.42. The van der Waals surface area contributed by atoms with Gasteiger partial charge in [0, 0.05) is 49.5 Å². The fraction of sp³-hybridized carbons (Fsp3) is 0.654. The van der Waals surface area contributed by atoms with Crippen molar-refractivity contribution in [2.24, 2.45) is 0 Å². The lowest BCUT2D eigenvalue weighted by molar-refractivity contribution is -0.143. The third kappa shape index (κ3) is 4.82. The number of aryl methyl sites for hydroxylation is 1. The van der Waals surface area contributed by atoms with Crippen molar-refractivity contribution >= 4 is 17.4 Å². The number of carbonyl (C=O) groups excluding carboxylic acids is 1. The maximum atomic E-state index is 14.2. The van der Waals surface area contributed by atoms with Gasteiger partial charge in [0.05, 0.1) is 29.7 Å². The number of hydrogen-bond donors (Lipinski definition) is 0. The van der Waals surface area contributed by atoms with Crippen molar-refractivity contribution < 1.29 is 27.1 Å². The zero-order valence-corrected chi connectivity index (χ0v) is 21.2. The highest BCUT2D eigenvalue weighted by molar-refractivity contribution is 5.80. The molecule has 3 aliphatic heterocycles. The molecule has 2 aromatic heterocycles. The summed E-state index contributed by atoms with van der Waals surface area (Å²) in [6, 6.07) is 1.64. The van der Waals surface area contributed by atoms with E-state index in [9.17, 15) is 22.4 Å². The number of carbonyl (C=O) groups is 1. The Hall–Kier alpha value is -2.69. The average Bonchev–Trinajstić information content (AvgIpc) is 3.30. The summed E-state index contributed by atoms with van der Waals surface area (Å²) in [7, 11) is 0. The van der Waals surface area contributed by atoms with Gasteiger partial charge in [0.2, 0.25) is 0 Å². The molecule has 0 bridgehead atoms. The van der Waals surface area contributed by atoms with Gasteiger partial charge in [-0.15, -0.1) is 0 Å². The number of ether oxygens (including phenoxy) is 1. The van der Waals surface area contributed by atoms with Crippen molar-refractivity contribution in [2.45, 2.75) is 83.7 Å². The summed E-state index contributed by atoms with van der Waals surface area (Å²) in [5, 5.41) is 4.97. The molecule has 1 unspecified atom stereocenters. The summed E-state index contributed by atoms with van der Waals surface area (Å²) in [4.78, 5) is 20.0. The molecule has 1 saturated heterocycles. The van der Waals surface area contributed by atoms with E-state index >= 15 is 0 Å². The Kier molecular flexibility index (Phi) is 7.42. The molecule has 5 heterocycles.